The van der Waals surface area contributed by atoms with Gasteiger partial charge in [-0.05, 0) is 51.5 Å². The van der Waals surface area contributed by atoms with Crippen LogP contribution in [-0.4, -0.2) is 14.7 Å². The van der Waals surface area contributed by atoms with Crippen LogP contribution in [0.15, 0.2) is 9.32 Å². The van der Waals surface area contributed by atoms with Gasteiger partial charge >= 0.3 is 0 Å². The van der Waals surface area contributed by atoms with Crippen LogP contribution in [0, 0.1) is 13.8 Å². The van der Waals surface area contributed by atoms with Gasteiger partial charge in [0.05, 0.1) is 5.39 Å². The monoisotopic (exact) mass is 358 g/mol. The average Bonchev–Trinajstić information content (AvgIpc) is 3.12. The first-order valence-corrected chi connectivity index (χ1v) is 9.66. The lowest BCUT2D eigenvalue weighted by Gasteiger charge is -2.14. The summed E-state index contributed by atoms with van der Waals surface area (Å²) in [6, 6.07) is 0. The number of aromatic nitrogens is 3. The number of nitrogens with zero attached hydrogens (tertiary/aromatic N) is 3. The number of aryl methyl sites for hydroxylation is 4. The van der Waals surface area contributed by atoms with Crippen LogP contribution in [0.25, 0.3) is 10.2 Å². The van der Waals surface area contributed by atoms with Crippen LogP contribution in [0.3, 0.4) is 0 Å². The summed E-state index contributed by atoms with van der Waals surface area (Å²) in [5, 5.41) is 8.10. The number of nitrogens with one attached hydrogen (secondary N) is 1. The van der Waals surface area contributed by atoms with E-state index in [1.165, 1.54) is 16.9 Å². The van der Waals surface area contributed by atoms with E-state index in [0.717, 1.165) is 47.3 Å². The van der Waals surface area contributed by atoms with E-state index < -0.39 is 0 Å². The second-order valence-electron chi connectivity index (χ2n) is 6.61. The zero-order valence-corrected chi connectivity index (χ0v) is 15.6. The average molecular weight is 358 g/mol. The van der Waals surface area contributed by atoms with Gasteiger partial charge in [-0.15, -0.1) is 11.3 Å². The third-order valence-corrected chi connectivity index (χ3v) is 5.98. The van der Waals surface area contributed by atoms with Crippen molar-refractivity contribution in [1.29, 1.82) is 0 Å². The van der Waals surface area contributed by atoms with Crippen LogP contribution >= 0.6 is 11.3 Å². The number of hydrogen-bond donors (Lipinski definition) is 1. The zero-order valence-electron chi connectivity index (χ0n) is 14.8. The standard InChI is InChI=1S/C18H22N4O2S/c1-4-9-22-17(23)14-12-7-5-6-8-13(12)25-16(14)20-18(22)19-15-10(2)21-24-11(15)3/h4-9H2,1-3H3,(H,19,20). The van der Waals surface area contributed by atoms with Gasteiger partial charge < -0.3 is 9.84 Å². The number of fused-ring (bicyclic) bond motifs is 3. The summed E-state index contributed by atoms with van der Waals surface area (Å²) in [5.74, 6) is 1.27. The van der Waals surface area contributed by atoms with Crippen molar-refractivity contribution in [2.45, 2.75) is 59.4 Å². The van der Waals surface area contributed by atoms with Gasteiger partial charge in [-0.1, -0.05) is 12.1 Å². The Balaban J connectivity index is 1.91. The lowest BCUT2D eigenvalue weighted by molar-refractivity contribution is 0.393. The van der Waals surface area contributed by atoms with Crippen molar-refractivity contribution >= 4 is 33.2 Å². The largest absolute Gasteiger partial charge is 0.359 e. The molecule has 25 heavy (non-hydrogen) atoms. The lowest BCUT2D eigenvalue weighted by atomic mass is 9.97. The molecular formula is C18H22N4O2S. The van der Waals surface area contributed by atoms with E-state index in [9.17, 15) is 4.79 Å². The highest BCUT2D eigenvalue weighted by molar-refractivity contribution is 7.18. The summed E-state index contributed by atoms with van der Waals surface area (Å²) >= 11 is 1.67. The van der Waals surface area contributed by atoms with E-state index in [1.807, 2.05) is 13.8 Å². The first-order chi connectivity index (χ1) is 12.1. The molecule has 0 atom stereocenters. The normalized spacial score (nSPS) is 14.0. The predicted octanol–water partition coefficient (Wildman–Crippen LogP) is 4.10. The van der Waals surface area contributed by atoms with Gasteiger partial charge in [0.2, 0.25) is 5.95 Å². The van der Waals surface area contributed by atoms with Crippen LogP contribution in [0.4, 0.5) is 11.6 Å². The Morgan fingerprint density at radius 1 is 1.28 bits per heavy atom. The lowest BCUT2D eigenvalue weighted by Crippen LogP contribution is -2.24. The summed E-state index contributed by atoms with van der Waals surface area (Å²) in [7, 11) is 0. The molecule has 132 valence electrons. The van der Waals surface area contributed by atoms with Gasteiger partial charge in [-0.3, -0.25) is 9.36 Å². The summed E-state index contributed by atoms with van der Waals surface area (Å²) < 4.78 is 6.99. The maximum absolute atomic E-state index is 13.2. The summed E-state index contributed by atoms with van der Waals surface area (Å²) in [6.45, 7) is 6.44. The van der Waals surface area contributed by atoms with Gasteiger partial charge in [0, 0.05) is 11.4 Å². The fourth-order valence-electron chi connectivity index (χ4n) is 3.54. The zero-order chi connectivity index (χ0) is 17.6. The second kappa shape index (κ2) is 6.29. The van der Waals surface area contributed by atoms with Crippen molar-refractivity contribution in [2.24, 2.45) is 0 Å². The number of thiophene rings is 1. The molecule has 0 saturated carbocycles. The molecule has 0 aromatic carbocycles. The predicted molar refractivity (Wildman–Crippen MR) is 100 cm³/mol. The Morgan fingerprint density at radius 2 is 2.08 bits per heavy atom. The van der Waals surface area contributed by atoms with Crippen molar-refractivity contribution < 1.29 is 4.52 Å². The first-order valence-electron chi connectivity index (χ1n) is 8.85. The van der Waals surface area contributed by atoms with E-state index >= 15 is 0 Å². The molecule has 6 nitrogen and oxygen atoms in total. The third kappa shape index (κ3) is 2.66. The molecule has 0 unspecified atom stereocenters. The van der Waals surface area contributed by atoms with Crippen molar-refractivity contribution in [2.75, 3.05) is 5.32 Å². The molecule has 1 aliphatic rings. The minimum atomic E-state index is 0.0699. The Morgan fingerprint density at radius 3 is 2.80 bits per heavy atom. The number of rotatable bonds is 4. The van der Waals surface area contributed by atoms with E-state index in [1.54, 1.807) is 15.9 Å². The Kier molecular flexibility index (Phi) is 4.11. The van der Waals surface area contributed by atoms with Gasteiger partial charge in [0.25, 0.3) is 5.56 Å². The molecule has 0 saturated heterocycles. The quantitative estimate of drug-likeness (QED) is 0.760. The molecule has 0 fully saturated rings. The Hall–Kier alpha value is -2.15. The summed E-state index contributed by atoms with van der Waals surface area (Å²) in [6.07, 6.45) is 5.29. The van der Waals surface area contributed by atoms with Crippen molar-refractivity contribution in [1.82, 2.24) is 14.7 Å². The van der Waals surface area contributed by atoms with Crippen LogP contribution in [0.2, 0.25) is 0 Å². The van der Waals surface area contributed by atoms with Crippen LogP contribution in [0.5, 0.6) is 0 Å². The van der Waals surface area contributed by atoms with E-state index in [0.29, 0.717) is 18.3 Å². The van der Waals surface area contributed by atoms with Crippen molar-refractivity contribution in [3.05, 3.63) is 32.2 Å². The molecule has 1 aliphatic carbocycles. The van der Waals surface area contributed by atoms with Crippen LogP contribution in [-0.2, 0) is 19.4 Å². The molecule has 3 aromatic heterocycles. The molecule has 4 rings (SSSR count). The minimum absolute atomic E-state index is 0.0699. The number of anilines is 2. The summed E-state index contributed by atoms with van der Waals surface area (Å²) in [4.78, 5) is 20.2. The molecule has 3 heterocycles. The molecule has 0 spiro atoms. The Bertz CT molecular complexity index is 979. The molecular weight excluding hydrogens is 336 g/mol. The van der Waals surface area contributed by atoms with E-state index in [2.05, 4.69) is 17.4 Å². The molecule has 7 heteroatoms. The van der Waals surface area contributed by atoms with E-state index in [-0.39, 0.29) is 5.56 Å². The Labute approximate surface area is 149 Å². The smallest absolute Gasteiger partial charge is 0.263 e. The minimum Gasteiger partial charge on any atom is -0.359 e. The fraction of sp³-hybridized carbons (Fsp3) is 0.500. The molecule has 3 aromatic rings. The SMILES string of the molecule is CCCn1c(Nc2c(C)noc2C)nc2sc3c(c2c1=O)CCCC3. The highest BCUT2D eigenvalue weighted by atomic mass is 32.1. The fourth-order valence-corrected chi connectivity index (χ4v) is 4.79. The highest BCUT2D eigenvalue weighted by Crippen LogP contribution is 2.34. The van der Waals surface area contributed by atoms with Gasteiger partial charge in [-0.2, -0.15) is 0 Å². The first kappa shape index (κ1) is 16.3. The summed E-state index contributed by atoms with van der Waals surface area (Å²) in [5.41, 5.74) is 2.86. The number of hydrogen-bond acceptors (Lipinski definition) is 6. The second-order valence-corrected chi connectivity index (χ2v) is 7.69. The molecule has 0 bridgehead atoms. The van der Waals surface area contributed by atoms with Gasteiger partial charge in [0.15, 0.2) is 5.76 Å². The highest BCUT2D eigenvalue weighted by Gasteiger charge is 2.22. The maximum Gasteiger partial charge on any atom is 0.263 e. The van der Waals surface area contributed by atoms with Crippen molar-refractivity contribution in [3.63, 3.8) is 0 Å². The molecule has 0 radical (unpaired) electrons. The molecule has 0 aliphatic heterocycles. The third-order valence-electron chi connectivity index (χ3n) is 4.79. The molecule has 0 amide bonds. The topological polar surface area (TPSA) is 73.0 Å². The maximum atomic E-state index is 13.2. The van der Waals surface area contributed by atoms with E-state index in [4.69, 9.17) is 9.51 Å². The molecule has 1 N–H and O–H groups in total. The van der Waals surface area contributed by atoms with Gasteiger partial charge in [0.1, 0.15) is 16.2 Å². The van der Waals surface area contributed by atoms with Crippen LogP contribution < -0.4 is 10.9 Å². The van der Waals surface area contributed by atoms with Gasteiger partial charge in [-0.25, -0.2) is 4.98 Å². The van der Waals surface area contributed by atoms with Crippen LogP contribution in [0.1, 0.15) is 48.1 Å². The van der Waals surface area contributed by atoms with Crippen molar-refractivity contribution in [3.8, 4) is 0 Å².